The maximum atomic E-state index is 14.1. The first-order valence-electron chi connectivity index (χ1n) is 19.2. The normalized spacial score (nSPS) is 22.5. The first-order chi connectivity index (χ1) is 25.5. The van der Waals surface area contributed by atoms with Gasteiger partial charge in [-0.2, -0.15) is 0 Å². The summed E-state index contributed by atoms with van der Waals surface area (Å²) in [6, 6.07) is 6.45. The van der Waals surface area contributed by atoms with Crippen LogP contribution in [0.1, 0.15) is 93.1 Å². The van der Waals surface area contributed by atoms with E-state index in [0.29, 0.717) is 19.4 Å². The molecule has 2 aliphatic rings. The van der Waals surface area contributed by atoms with E-state index in [1.165, 1.54) is 0 Å². The van der Waals surface area contributed by atoms with Gasteiger partial charge in [-0.25, -0.2) is 13.2 Å². The van der Waals surface area contributed by atoms with E-state index in [9.17, 15) is 37.5 Å². The molecular formula is C39H63N5O10S. The molecule has 0 radical (unpaired) electrons. The molecule has 1 aliphatic heterocycles. The second kappa shape index (κ2) is 19.4. The predicted octanol–water partition coefficient (Wildman–Crippen LogP) is 2.35. The zero-order valence-corrected chi connectivity index (χ0v) is 34.6. The molecule has 1 heterocycles. The second-order valence-electron chi connectivity index (χ2n) is 17.0. The van der Waals surface area contributed by atoms with Crippen molar-refractivity contribution >= 4 is 39.6 Å². The molecule has 2 fully saturated rings. The molecule has 1 aromatic carbocycles. The highest BCUT2D eigenvalue weighted by Gasteiger charge is 2.62. The molecule has 310 valence electrons. The largest absolute Gasteiger partial charge is 0.444 e. The minimum absolute atomic E-state index is 0.0128. The lowest BCUT2D eigenvalue weighted by atomic mass is 9.91. The number of rotatable bonds is 19. The summed E-state index contributed by atoms with van der Waals surface area (Å²) in [6.07, 6.45) is 0.0836. The molecule has 1 unspecified atom stereocenters. The fourth-order valence-corrected chi connectivity index (χ4v) is 7.92. The monoisotopic (exact) mass is 793 g/mol. The van der Waals surface area contributed by atoms with Crippen LogP contribution in [0.4, 0.5) is 4.79 Å². The lowest BCUT2D eigenvalue weighted by Crippen LogP contribution is -2.60. The topological polar surface area (TPSA) is 218 Å². The smallest absolute Gasteiger partial charge is 0.408 e. The Labute approximate surface area is 326 Å². The molecule has 1 saturated carbocycles. The molecule has 0 spiro atoms. The lowest BCUT2D eigenvalue weighted by Gasteiger charge is -2.31. The van der Waals surface area contributed by atoms with Crippen LogP contribution in [0, 0.1) is 23.7 Å². The number of hydrogen-bond donors (Lipinski definition) is 6. The number of benzene rings is 1. The van der Waals surface area contributed by atoms with Crippen molar-refractivity contribution in [3.05, 3.63) is 35.9 Å². The van der Waals surface area contributed by atoms with Gasteiger partial charge < -0.3 is 41.2 Å². The van der Waals surface area contributed by atoms with Crippen molar-refractivity contribution in [1.29, 1.82) is 0 Å². The average molecular weight is 794 g/mol. The molecule has 0 aromatic heterocycles. The molecule has 15 nitrogen and oxygen atoms in total. The summed E-state index contributed by atoms with van der Waals surface area (Å²) in [4.78, 5) is 67.3. The van der Waals surface area contributed by atoms with Crippen molar-refractivity contribution in [2.75, 3.05) is 18.6 Å². The van der Waals surface area contributed by atoms with Crippen LogP contribution in [0.2, 0.25) is 0 Å². The van der Waals surface area contributed by atoms with Crippen molar-refractivity contribution in [1.82, 2.24) is 26.6 Å². The van der Waals surface area contributed by atoms with Crippen LogP contribution in [0.15, 0.2) is 30.3 Å². The van der Waals surface area contributed by atoms with Crippen LogP contribution in [0.25, 0.3) is 0 Å². The van der Waals surface area contributed by atoms with Gasteiger partial charge in [0.05, 0.1) is 24.0 Å². The van der Waals surface area contributed by atoms with Crippen molar-refractivity contribution < 1.29 is 47.0 Å². The highest BCUT2D eigenvalue weighted by atomic mass is 32.2. The van der Waals surface area contributed by atoms with Crippen molar-refractivity contribution in [2.45, 2.75) is 136 Å². The van der Waals surface area contributed by atoms with Crippen LogP contribution in [-0.2, 0) is 45.0 Å². The van der Waals surface area contributed by atoms with Crippen molar-refractivity contribution in [2.24, 2.45) is 23.7 Å². The number of alkyl carbamates (subject to hydrolysis) is 1. The number of hydrogen-bond acceptors (Lipinski definition) is 10. The molecule has 1 saturated heterocycles. The lowest BCUT2D eigenvalue weighted by molar-refractivity contribution is -0.135. The standard InChI is InChI=1S/C39H63N5O10S/c1-23(2)18-28(29(45)19-25(5)33(46)42-32(30-16-13-17-53-30)34(47)40-21-26-14-11-10-12-15-26)41-36(49)39(20-27(39)22-55(9,51)52)44-35(48)31(24(3)4)43-37(50)54-38(6,7)8/h10-12,14-15,23-25,27-32,45H,13,16-22H2,1-9H3,(H,40,47)(H,41,49)(H,42,46)(H,43,50)(H,44,48)/t25-,27+,28+,29+,30?,31+,32+,39-/m1/s1. The van der Waals surface area contributed by atoms with Gasteiger partial charge in [0.15, 0.2) is 0 Å². The fourth-order valence-electron chi connectivity index (χ4n) is 6.79. The molecule has 16 heteroatoms. The average Bonchev–Trinajstić information content (AvgIpc) is 3.45. The third kappa shape index (κ3) is 14.4. The minimum atomic E-state index is -3.56. The van der Waals surface area contributed by atoms with E-state index in [1.807, 2.05) is 44.2 Å². The molecule has 8 atom stereocenters. The van der Waals surface area contributed by atoms with E-state index in [0.717, 1.165) is 18.2 Å². The van der Waals surface area contributed by atoms with Gasteiger partial charge in [-0.05, 0) is 70.3 Å². The van der Waals surface area contributed by atoms with Gasteiger partial charge >= 0.3 is 6.09 Å². The molecule has 3 rings (SSSR count). The maximum Gasteiger partial charge on any atom is 0.408 e. The molecule has 6 N–H and O–H groups in total. The second-order valence-corrected chi connectivity index (χ2v) is 19.2. The van der Waals surface area contributed by atoms with Crippen LogP contribution < -0.4 is 26.6 Å². The first kappa shape index (κ1) is 45.6. The number of carbonyl (C=O) groups excluding carboxylic acids is 5. The Balaban J connectivity index is 1.75. The summed E-state index contributed by atoms with van der Waals surface area (Å²) >= 11 is 0. The minimum Gasteiger partial charge on any atom is -0.444 e. The number of aliphatic hydroxyl groups is 1. The van der Waals surface area contributed by atoms with E-state index in [2.05, 4.69) is 26.6 Å². The van der Waals surface area contributed by atoms with Crippen LogP contribution in [0.5, 0.6) is 0 Å². The van der Waals surface area contributed by atoms with E-state index >= 15 is 0 Å². The SMILES string of the molecule is CC(C)C[C@H](NC(=O)[C@@]1(NC(=O)[C@@H](NC(=O)OC(C)(C)C)C(C)C)C[C@H]1CS(C)(=O)=O)[C@@H](O)C[C@@H](C)C(=O)N[C@H](C(=O)NCc1ccccc1)C1CCCO1. The highest BCUT2D eigenvalue weighted by Crippen LogP contribution is 2.45. The first-order valence-corrected chi connectivity index (χ1v) is 21.3. The number of sulfone groups is 1. The quantitative estimate of drug-likeness (QED) is 0.120. The van der Waals surface area contributed by atoms with E-state index < -0.39 is 92.9 Å². The van der Waals surface area contributed by atoms with E-state index in [1.54, 1.807) is 41.5 Å². The molecule has 55 heavy (non-hydrogen) atoms. The summed E-state index contributed by atoms with van der Waals surface area (Å²) in [6.45, 7) is 14.6. The van der Waals surface area contributed by atoms with E-state index in [-0.39, 0.29) is 37.0 Å². The molecule has 1 aliphatic carbocycles. The Kier molecular flexibility index (Phi) is 16.1. The molecule has 1 aromatic rings. The van der Waals surface area contributed by atoms with Gasteiger partial charge in [-0.3, -0.25) is 19.2 Å². The van der Waals surface area contributed by atoms with Crippen LogP contribution in [-0.4, -0.2) is 103 Å². The van der Waals surface area contributed by atoms with Gasteiger partial charge in [0.1, 0.15) is 33.1 Å². The highest BCUT2D eigenvalue weighted by molar-refractivity contribution is 7.90. The molecule has 5 amide bonds. The summed E-state index contributed by atoms with van der Waals surface area (Å²) in [5.41, 5.74) is -1.55. The van der Waals surface area contributed by atoms with Gasteiger partial charge in [-0.1, -0.05) is 65.0 Å². The predicted molar refractivity (Wildman–Crippen MR) is 207 cm³/mol. The molecule has 0 bridgehead atoms. The fraction of sp³-hybridized carbons (Fsp3) is 0.718. The maximum absolute atomic E-state index is 14.1. The van der Waals surface area contributed by atoms with Gasteiger partial charge in [0.25, 0.3) is 0 Å². The summed E-state index contributed by atoms with van der Waals surface area (Å²) < 4.78 is 35.8. The Morgan fingerprint density at radius 2 is 1.60 bits per heavy atom. The number of aliphatic hydroxyl groups excluding tert-OH is 1. The van der Waals surface area contributed by atoms with Crippen LogP contribution in [0.3, 0.4) is 0 Å². The van der Waals surface area contributed by atoms with E-state index in [4.69, 9.17) is 9.47 Å². The Bertz CT molecular complexity index is 1590. The van der Waals surface area contributed by atoms with Gasteiger partial charge in [0, 0.05) is 31.2 Å². The summed E-state index contributed by atoms with van der Waals surface area (Å²) in [5, 5.41) is 25.4. The van der Waals surface area contributed by atoms with Gasteiger partial charge in [-0.15, -0.1) is 0 Å². The number of ether oxygens (including phenoxy) is 2. The molecular weight excluding hydrogens is 731 g/mol. The third-order valence-corrected chi connectivity index (χ3v) is 10.8. The number of amides is 5. The third-order valence-electron chi connectivity index (χ3n) is 9.76. The van der Waals surface area contributed by atoms with Crippen molar-refractivity contribution in [3.8, 4) is 0 Å². The summed E-state index contributed by atoms with van der Waals surface area (Å²) in [7, 11) is -3.56. The van der Waals surface area contributed by atoms with Crippen LogP contribution >= 0.6 is 0 Å². The Morgan fingerprint density at radius 3 is 2.15 bits per heavy atom. The van der Waals surface area contributed by atoms with Crippen molar-refractivity contribution in [3.63, 3.8) is 0 Å². The number of carbonyl (C=O) groups is 5. The Morgan fingerprint density at radius 1 is 0.945 bits per heavy atom. The zero-order chi connectivity index (χ0) is 41.3. The Hall–Kier alpha value is -3.76. The number of nitrogens with one attached hydrogen (secondary N) is 5. The zero-order valence-electron chi connectivity index (χ0n) is 33.8. The summed E-state index contributed by atoms with van der Waals surface area (Å²) in [5.74, 6) is -4.57. The van der Waals surface area contributed by atoms with Gasteiger partial charge in [0.2, 0.25) is 23.6 Å².